The molecule has 0 saturated carbocycles. The van der Waals surface area contributed by atoms with E-state index in [1.165, 1.54) is 0 Å². The molecule has 1 aliphatic rings. The average Bonchev–Trinajstić information content (AvgIpc) is 2.27. The Morgan fingerprint density at radius 2 is 2.40 bits per heavy atom. The Morgan fingerprint density at radius 1 is 1.60 bits per heavy atom. The van der Waals surface area contributed by atoms with Gasteiger partial charge >= 0.3 is 0 Å². The van der Waals surface area contributed by atoms with Crippen molar-refractivity contribution >= 4 is 5.91 Å². The molecule has 0 aromatic carbocycles. The Hall–Kier alpha value is -0.610. The summed E-state index contributed by atoms with van der Waals surface area (Å²) in [6, 6.07) is -0.0485. The van der Waals surface area contributed by atoms with E-state index in [1.807, 2.05) is 6.92 Å². The zero-order chi connectivity index (χ0) is 11.1. The molecule has 0 bridgehead atoms. The summed E-state index contributed by atoms with van der Waals surface area (Å²) in [5.74, 6) is 0.0323. The lowest BCUT2D eigenvalue weighted by molar-refractivity contribution is -0.124. The van der Waals surface area contributed by atoms with E-state index in [9.17, 15) is 9.90 Å². The Morgan fingerprint density at radius 3 is 3.00 bits per heavy atom. The molecule has 4 nitrogen and oxygen atoms in total. The summed E-state index contributed by atoms with van der Waals surface area (Å²) in [4.78, 5) is 11.6. The van der Waals surface area contributed by atoms with Gasteiger partial charge in [0.1, 0.15) is 0 Å². The van der Waals surface area contributed by atoms with Gasteiger partial charge in [-0.15, -0.1) is 0 Å². The fourth-order valence-electron chi connectivity index (χ4n) is 1.85. The number of piperidine rings is 1. The van der Waals surface area contributed by atoms with Crippen LogP contribution in [0, 0.1) is 0 Å². The first-order valence-electron chi connectivity index (χ1n) is 5.93. The van der Waals surface area contributed by atoms with Gasteiger partial charge in [0.2, 0.25) is 5.91 Å². The quantitative estimate of drug-likeness (QED) is 0.621. The molecule has 1 fully saturated rings. The molecule has 0 aromatic heterocycles. The molecule has 0 spiro atoms. The van der Waals surface area contributed by atoms with Gasteiger partial charge in [-0.2, -0.15) is 0 Å². The van der Waals surface area contributed by atoms with Crippen LogP contribution in [0.5, 0.6) is 0 Å². The number of aliphatic hydroxyl groups excluding tert-OH is 1. The topological polar surface area (TPSA) is 61.4 Å². The summed E-state index contributed by atoms with van der Waals surface area (Å²) in [7, 11) is 0. The zero-order valence-electron chi connectivity index (χ0n) is 9.46. The Kier molecular flexibility index (Phi) is 5.65. The van der Waals surface area contributed by atoms with Gasteiger partial charge in [0.15, 0.2) is 0 Å². The lowest BCUT2D eigenvalue weighted by Crippen LogP contribution is -2.48. The molecule has 15 heavy (non-hydrogen) atoms. The molecule has 0 aromatic rings. The first-order valence-corrected chi connectivity index (χ1v) is 5.93. The van der Waals surface area contributed by atoms with Gasteiger partial charge in [-0.25, -0.2) is 0 Å². The predicted octanol–water partition coefficient (Wildman–Crippen LogP) is 0.406. The molecule has 1 unspecified atom stereocenters. The van der Waals surface area contributed by atoms with Gasteiger partial charge in [-0.3, -0.25) is 4.79 Å². The molecular formula is C11H22N2O2. The highest BCUT2D eigenvalue weighted by Crippen LogP contribution is 2.06. The monoisotopic (exact) mass is 214 g/mol. The van der Waals surface area contributed by atoms with Crippen molar-refractivity contribution in [3.8, 4) is 0 Å². The van der Waals surface area contributed by atoms with Gasteiger partial charge in [0, 0.05) is 6.54 Å². The molecule has 4 heteroatoms. The number of hydrogen-bond acceptors (Lipinski definition) is 3. The Balaban J connectivity index is 2.16. The van der Waals surface area contributed by atoms with Crippen molar-refractivity contribution in [2.45, 2.75) is 51.2 Å². The minimum absolute atomic E-state index is 0.0323. The van der Waals surface area contributed by atoms with Gasteiger partial charge in [-0.1, -0.05) is 19.8 Å². The van der Waals surface area contributed by atoms with E-state index in [0.29, 0.717) is 6.54 Å². The van der Waals surface area contributed by atoms with E-state index in [1.54, 1.807) is 0 Å². The third kappa shape index (κ3) is 4.62. The van der Waals surface area contributed by atoms with Crippen LogP contribution in [-0.2, 0) is 4.79 Å². The van der Waals surface area contributed by atoms with Crippen LogP contribution < -0.4 is 10.6 Å². The highest BCUT2D eigenvalue weighted by Gasteiger charge is 2.20. The summed E-state index contributed by atoms with van der Waals surface area (Å²) < 4.78 is 0. The third-order valence-electron chi connectivity index (χ3n) is 2.76. The van der Waals surface area contributed by atoms with Crippen LogP contribution in [-0.4, -0.2) is 36.2 Å². The second kappa shape index (κ2) is 6.80. The van der Waals surface area contributed by atoms with E-state index in [4.69, 9.17) is 0 Å². The maximum absolute atomic E-state index is 11.6. The average molecular weight is 214 g/mol. The number of carbonyl (C=O) groups excluding carboxylic acids is 1. The second-order valence-electron chi connectivity index (χ2n) is 4.19. The van der Waals surface area contributed by atoms with Gasteiger partial charge in [-0.05, 0) is 25.8 Å². The summed E-state index contributed by atoms with van der Waals surface area (Å²) in [6.07, 6.45) is 4.47. The van der Waals surface area contributed by atoms with E-state index < -0.39 is 6.10 Å². The van der Waals surface area contributed by atoms with Crippen LogP contribution >= 0.6 is 0 Å². The number of hydrogen-bond donors (Lipinski definition) is 3. The number of amides is 1. The molecule has 0 radical (unpaired) electrons. The lowest BCUT2D eigenvalue weighted by atomic mass is 10.0. The van der Waals surface area contributed by atoms with Crippen molar-refractivity contribution in [3.05, 3.63) is 0 Å². The first kappa shape index (κ1) is 12.5. The standard InChI is InChI=1S/C11H22N2O2/c1-2-5-9(14)8-13-11(15)10-6-3-4-7-12-10/h9-10,12,14H,2-8H2,1H3,(H,13,15)/t9?,10-/m0/s1. The van der Waals surface area contributed by atoms with Crippen LogP contribution in [0.2, 0.25) is 0 Å². The van der Waals surface area contributed by atoms with E-state index >= 15 is 0 Å². The van der Waals surface area contributed by atoms with Gasteiger partial charge in [0.05, 0.1) is 12.1 Å². The molecule has 88 valence electrons. The van der Waals surface area contributed by atoms with Crippen molar-refractivity contribution in [2.24, 2.45) is 0 Å². The zero-order valence-corrected chi connectivity index (χ0v) is 9.46. The Bertz CT molecular complexity index is 191. The number of aliphatic hydroxyl groups is 1. The molecule has 3 N–H and O–H groups in total. The van der Waals surface area contributed by atoms with Crippen LogP contribution in [0.4, 0.5) is 0 Å². The minimum atomic E-state index is -0.400. The first-order chi connectivity index (χ1) is 7.24. The van der Waals surface area contributed by atoms with Crippen molar-refractivity contribution in [1.82, 2.24) is 10.6 Å². The predicted molar refractivity (Wildman–Crippen MR) is 59.6 cm³/mol. The molecule has 0 aliphatic carbocycles. The van der Waals surface area contributed by atoms with Crippen LogP contribution in [0.25, 0.3) is 0 Å². The smallest absolute Gasteiger partial charge is 0.237 e. The highest BCUT2D eigenvalue weighted by atomic mass is 16.3. The molecule has 1 saturated heterocycles. The molecule has 1 aliphatic heterocycles. The highest BCUT2D eigenvalue weighted by molar-refractivity contribution is 5.81. The fraction of sp³-hybridized carbons (Fsp3) is 0.909. The lowest BCUT2D eigenvalue weighted by Gasteiger charge is -2.23. The second-order valence-corrected chi connectivity index (χ2v) is 4.19. The largest absolute Gasteiger partial charge is 0.391 e. The van der Waals surface area contributed by atoms with Crippen molar-refractivity contribution in [2.75, 3.05) is 13.1 Å². The molecule has 2 atom stereocenters. The number of carbonyl (C=O) groups is 1. The van der Waals surface area contributed by atoms with E-state index in [0.717, 1.165) is 38.6 Å². The molecule has 1 rings (SSSR count). The normalized spacial score (nSPS) is 23.5. The minimum Gasteiger partial charge on any atom is -0.391 e. The number of nitrogens with one attached hydrogen (secondary N) is 2. The van der Waals surface area contributed by atoms with E-state index in [2.05, 4.69) is 10.6 Å². The summed E-state index contributed by atoms with van der Waals surface area (Å²) in [5, 5.41) is 15.4. The number of rotatable bonds is 5. The van der Waals surface area contributed by atoms with Crippen molar-refractivity contribution in [3.63, 3.8) is 0 Å². The third-order valence-corrected chi connectivity index (χ3v) is 2.76. The van der Waals surface area contributed by atoms with Gasteiger partial charge < -0.3 is 15.7 Å². The maximum atomic E-state index is 11.6. The molecule has 1 amide bonds. The van der Waals surface area contributed by atoms with Crippen molar-refractivity contribution in [1.29, 1.82) is 0 Å². The van der Waals surface area contributed by atoms with Gasteiger partial charge in [0.25, 0.3) is 0 Å². The maximum Gasteiger partial charge on any atom is 0.237 e. The fourth-order valence-corrected chi connectivity index (χ4v) is 1.85. The summed E-state index contributed by atoms with van der Waals surface area (Å²) in [6.45, 7) is 3.33. The molecule has 1 heterocycles. The Labute approximate surface area is 91.4 Å². The van der Waals surface area contributed by atoms with Crippen molar-refractivity contribution < 1.29 is 9.90 Å². The van der Waals surface area contributed by atoms with Crippen LogP contribution in [0.15, 0.2) is 0 Å². The SMILES string of the molecule is CCCC(O)CNC(=O)[C@@H]1CCCCN1. The van der Waals surface area contributed by atoms with Crippen LogP contribution in [0.3, 0.4) is 0 Å². The van der Waals surface area contributed by atoms with E-state index in [-0.39, 0.29) is 11.9 Å². The summed E-state index contributed by atoms with van der Waals surface area (Å²) in [5.41, 5.74) is 0. The molecular weight excluding hydrogens is 192 g/mol. The van der Waals surface area contributed by atoms with Crippen LogP contribution in [0.1, 0.15) is 39.0 Å². The summed E-state index contributed by atoms with van der Waals surface area (Å²) >= 11 is 0.